The van der Waals surface area contributed by atoms with E-state index in [9.17, 15) is 4.79 Å². The van der Waals surface area contributed by atoms with Gasteiger partial charge in [0.15, 0.2) is 16.6 Å². The van der Waals surface area contributed by atoms with E-state index in [0.717, 1.165) is 22.2 Å². The maximum atomic E-state index is 13.0. The van der Waals surface area contributed by atoms with Gasteiger partial charge in [-0.3, -0.25) is 10.1 Å². The zero-order valence-corrected chi connectivity index (χ0v) is 15.7. The van der Waals surface area contributed by atoms with Gasteiger partial charge in [-0.1, -0.05) is 18.2 Å². The number of nitrogens with zero attached hydrogens (tertiary/aromatic N) is 2. The highest BCUT2D eigenvalue weighted by Crippen LogP contribution is 2.36. The number of carbonyl (C=O) groups is 1. The number of thiazole rings is 1. The first kappa shape index (κ1) is 16.7. The summed E-state index contributed by atoms with van der Waals surface area (Å²) in [5.74, 6) is 1.17. The van der Waals surface area contributed by atoms with Gasteiger partial charge in [0.2, 0.25) is 6.79 Å². The number of pyridine rings is 1. The third-order valence-electron chi connectivity index (χ3n) is 4.47. The second-order valence-corrected chi connectivity index (χ2v) is 7.25. The Hall–Kier alpha value is -3.45. The van der Waals surface area contributed by atoms with Crippen LogP contribution in [0.2, 0.25) is 0 Å². The molecule has 1 amide bonds. The lowest BCUT2D eigenvalue weighted by Crippen LogP contribution is -2.13. The van der Waals surface area contributed by atoms with E-state index in [1.54, 1.807) is 6.07 Å². The lowest BCUT2D eigenvalue weighted by molar-refractivity contribution is 0.102. The second kappa shape index (κ2) is 6.61. The number of benzene rings is 2. The Kier molecular flexibility index (Phi) is 3.95. The fourth-order valence-electron chi connectivity index (χ4n) is 3.14. The van der Waals surface area contributed by atoms with Crippen LogP contribution < -0.4 is 14.8 Å². The van der Waals surface area contributed by atoms with E-state index in [4.69, 9.17) is 14.5 Å². The number of aromatic nitrogens is 2. The number of fused-ring (bicyclic) bond motifs is 2. The standard InChI is InChI=1S/C21H15N3O3S/c1-12-10-28-21(22-12)24-20(25)15-9-17(23-16-5-3-2-4-14(15)16)13-6-7-18-19(8-13)27-11-26-18/h2-10H,11H2,1H3,(H,22,24,25). The van der Waals surface area contributed by atoms with Crippen LogP contribution in [0.5, 0.6) is 11.5 Å². The quantitative estimate of drug-likeness (QED) is 0.552. The van der Waals surface area contributed by atoms with Crippen LogP contribution in [0.15, 0.2) is 53.9 Å². The molecule has 3 heterocycles. The molecule has 2 aromatic carbocycles. The van der Waals surface area contributed by atoms with Crippen molar-refractivity contribution in [1.82, 2.24) is 9.97 Å². The van der Waals surface area contributed by atoms with Crippen LogP contribution in [0.4, 0.5) is 5.13 Å². The molecule has 0 fully saturated rings. The Bertz CT molecular complexity index is 1220. The summed E-state index contributed by atoms with van der Waals surface area (Å²) < 4.78 is 10.8. The van der Waals surface area contributed by atoms with Gasteiger partial charge >= 0.3 is 0 Å². The molecule has 7 heteroatoms. The van der Waals surface area contributed by atoms with Gasteiger partial charge in [0.25, 0.3) is 5.91 Å². The minimum absolute atomic E-state index is 0.213. The molecule has 28 heavy (non-hydrogen) atoms. The van der Waals surface area contributed by atoms with Crippen LogP contribution in [0.25, 0.3) is 22.2 Å². The van der Waals surface area contributed by atoms with Gasteiger partial charge in [-0.05, 0) is 37.3 Å². The Labute approximate surface area is 164 Å². The van der Waals surface area contributed by atoms with E-state index in [2.05, 4.69) is 10.3 Å². The molecule has 0 saturated heterocycles. The van der Waals surface area contributed by atoms with Crippen molar-refractivity contribution >= 4 is 33.3 Å². The van der Waals surface area contributed by atoms with Crippen LogP contribution in [0, 0.1) is 6.92 Å². The first-order chi connectivity index (χ1) is 13.7. The van der Waals surface area contributed by atoms with Gasteiger partial charge in [-0.2, -0.15) is 0 Å². The SMILES string of the molecule is Cc1csc(NC(=O)c2cc(-c3ccc4c(c3)OCO4)nc3ccccc23)n1. The van der Waals surface area contributed by atoms with Gasteiger partial charge < -0.3 is 9.47 Å². The Morgan fingerprint density at radius 3 is 2.79 bits per heavy atom. The first-order valence-electron chi connectivity index (χ1n) is 8.71. The molecule has 1 aliphatic heterocycles. The predicted molar refractivity (Wildman–Crippen MR) is 108 cm³/mol. The van der Waals surface area contributed by atoms with Crippen molar-refractivity contribution in [2.24, 2.45) is 0 Å². The fourth-order valence-corrected chi connectivity index (χ4v) is 3.83. The van der Waals surface area contributed by atoms with Crippen molar-refractivity contribution in [3.8, 4) is 22.8 Å². The highest BCUT2D eigenvalue weighted by atomic mass is 32.1. The van der Waals surface area contributed by atoms with E-state index >= 15 is 0 Å². The van der Waals surface area contributed by atoms with E-state index in [0.29, 0.717) is 27.9 Å². The molecule has 0 radical (unpaired) electrons. The van der Waals surface area contributed by atoms with Crippen molar-refractivity contribution < 1.29 is 14.3 Å². The van der Waals surface area contributed by atoms with Crippen LogP contribution in [0.3, 0.4) is 0 Å². The zero-order valence-electron chi connectivity index (χ0n) is 14.9. The van der Waals surface area contributed by atoms with Crippen molar-refractivity contribution in [2.75, 3.05) is 12.1 Å². The summed E-state index contributed by atoms with van der Waals surface area (Å²) in [6, 6.07) is 15.0. The molecule has 0 atom stereocenters. The van der Waals surface area contributed by atoms with Crippen LogP contribution in [0.1, 0.15) is 16.1 Å². The van der Waals surface area contributed by atoms with Crippen LogP contribution >= 0.6 is 11.3 Å². The molecule has 0 bridgehead atoms. The van der Waals surface area contributed by atoms with Crippen LogP contribution in [-0.4, -0.2) is 22.7 Å². The van der Waals surface area contributed by atoms with E-state index in [1.165, 1.54) is 11.3 Å². The van der Waals surface area contributed by atoms with Gasteiger partial charge in [-0.25, -0.2) is 9.97 Å². The summed E-state index contributed by atoms with van der Waals surface area (Å²) >= 11 is 1.40. The van der Waals surface area contributed by atoms with E-state index in [1.807, 2.05) is 54.8 Å². The van der Waals surface area contributed by atoms with Crippen molar-refractivity contribution in [2.45, 2.75) is 6.92 Å². The zero-order chi connectivity index (χ0) is 19.1. The molecule has 5 rings (SSSR count). The second-order valence-electron chi connectivity index (χ2n) is 6.39. The monoisotopic (exact) mass is 389 g/mol. The molecule has 0 unspecified atom stereocenters. The molecular formula is C21H15N3O3S. The normalized spacial score (nSPS) is 12.3. The molecule has 6 nitrogen and oxygen atoms in total. The summed E-state index contributed by atoms with van der Waals surface area (Å²) in [5.41, 5.74) is 3.72. The van der Waals surface area contributed by atoms with Gasteiger partial charge in [0.1, 0.15) is 0 Å². The summed E-state index contributed by atoms with van der Waals surface area (Å²) in [6.45, 7) is 2.11. The van der Waals surface area contributed by atoms with Crippen molar-refractivity contribution in [3.63, 3.8) is 0 Å². The number of para-hydroxylation sites is 1. The summed E-state index contributed by atoms with van der Waals surface area (Å²) in [6.07, 6.45) is 0. The molecule has 1 aliphatic rings. The molecule has 0 spiro atoms. The average Bonchev–Trinajstić information content (AvgIpc) is 3.35. The van der Waals surface area contributed by atoms with Gasteiger partial charge in [-0.15, -0.1) is 11.3 Å². The molecule has 2 aromatic heterocycles. The highest BCUT2D eigenvalue weighted by Gasteiger charge is 2.18. The Balaban J connectivity index is 1.60. The van der Waals surface area contributed by atoms with E-state index in [-0.39, 0.29) is 12.7 Å². The number of rotatable bonds is 3. The first-order valence-corrected chi connectivity index (χ1v) is 9.59. The smallest absolute Gasteiger partial charge is 0.258 e. The number of anilines is 1. The molecule has 138 valence electrons. The average molecular weight is 389 g/mol. The molecule has 1 N–H and O–H groups in total. The lowest BCUT2D eigenvalue weighted by Gasteiger charge is -2.10. The maximum absolute atomic E-state index is 13.0. The number of hydrogen-bond donors (Lipinski definition) is 1. The minimum atomic E-state index is -0.213. The number of amides is 1. The Morgan fingerprint density at radius 1 is 1.07 bits per heavy atom. The van der Waals surface area contributed by atoms with Gasteiger partial charge in [0, 0.05) is 16.3 Å². The molecule has 0 saturated carbocycles. The number of carbonyl (C=O) groups excluding carboxylic acids is 1. The minimum Gasteiger partial charge on any atom is -0.454 e. The number of nitrogens with one attached hydrogen (secondary N) is 1. The number of aryl methyl sites for hydroxylation is 1. The number of ether oxygens (including phenoxy) is 2. The van der Waals surface area contributed by atoms with Crippen molar-refractivity contribution in [1.29, 1.82) is 0 Å². The predicted octanol–water partition coefficient (Wildman–Crippen LogP) is 4.65. The molecule has 4 aromatic rings. The van der Waals surface area contributed by atoms with Crippen molar-refractivity contribution in [3.05, 3.63) is 65.2 Å². The Morgan fingerprint density at radius 2 is 1.93 bits per heavy atom. The largest absolute Gasteiger partial charge is 0.454 e. The third-order valence-corrected chi connectivity index (χ3v) is 5.34. The van der Waals surface area contributed by atoms with E-state index < -0.39 is 0 Å². The maximum Gasteiger partial charge on any atom is 0.258 e. The summed E-state index contributed by atoms with van der Waals surface area (Å²) in [4.78, 5) is 22.0. The highest BCUT2D eigenvalue weighted by molar-refractivity contribution is 7.13. The van der Waals surface area contributed by atoms with Crippen LogP contribution in [-0.2, 0) is 0 Å². The summed E-state index contributed by atoms with van der Waals surface area (Å²) in [7, 11) is 0. The summed E-state index contributed by atoms with van der Waals surface area (Å²) in [5, 5.41) is 6.16. The molecule has 0 aliphatic carbocycles. The number of hydrogen-bond acceptors (Lipinski definition) is 6. The fraction of sp³-hybridized carbons (Fsp3) is 0.0952. The van der Waals surface area contributed by atoms with Gasteiger partial charge in [0.05, 0.1) is 22.5 Å². The lowest BCUT2D eigenvalue weighted by atomic mass is 10.0. The molecular weight excluding hydrogens is 374 g/mol. The third kappa shape index (κ3) is 2.95. The topological polar surface area (TPSA) is 73.3 Å².